The molecule has 0 aliphatic carbocycles. The van der Waals surface area contributed by atoms with Crippen molar-refractivity contribution in [3.05, 3.63) is 54.0 Å². The van der Waals surface area contributed by atoms with Crippen molar-refractivity contribution in [3.8, 4) is 0 Å². The monoisotopic (exact) mass is 370 g/mol. The summed E-state index contributed by atoms with van der Waals surface area (Å²) < 4.78 is 5.07. The molecule has 1 fully saturated rings. The fourth-order valence-electron chi connectivity index (χ4n) is 3.01. The fourth-order valence-corrected chi connectivity index (χ4v) is 3.01. The summed E-state index contributed by atoms with van der Waals surface area (Å²) in [5.41, 5.74) is 5.90. The van der Waals surface area contributed by atoms with Gasteiger partial charge < -0.3 is 14.6 Å². The molecule has 0 bridgehead atoms. The Labute approximate surface area is 156 Å². The molecule has 1 aromatic carbocycles. The Kier molecular flexibility index (Phi) is 5.75. The summed E-state index contributed by atoms with van der Waals surface area (Å²) in [7, 11) is 0. The third-order valence-corrected chi connectivity index (χ3v) is 4.51. The summed E-state index contributed by atoms with van der Waals surface area (Å²) in [6.45, 7) is 2.55. The summed E-state index contributed by atoms with van der Waals surface area (Å²) in [4.78, 5) is 38.4. The predicted octanol–water partition coefficient (Wildman–Crippen LogP) is 2.29. The molecule has 4 amide bonds. The second-order valence-corrected chi connectivity index (χ2v) is 6.42. The summed E-state index contributed by atoms with van der Waals surface area (Å²) in [5, 5.41) is 2.82. The van der Waals surface area contributed by atoms with Crippen molar-refractivity contribution in [1.29, 1.82) is 0 Å². The Balaban J connectivity index is 1.51. The number of anilines is 1. The topological polar surface area (TPSA) is 104 Å². The molecule has 1 aromatic heterocycles. The number of carbonyl (C=O) groups excluding carboxylic acids is 3. The average molecular weight is 370 g/mol. The summed E-state index contributed by atoms with van der Waals surface area (Å²) in [6, 6.07) is 10.5. The van der Waals surface area contributed by atoms with Gasteiger partial charge in [0.1, 0.15) is 5.76 Å². The SMILES string of the molecule is Cc1occc1C(=O)NNC(=O)[C@H]1CCCN(C(=O)Nc2ccccc2)C1. The number of amides is 4. The van der Waals surface area contributed by atoms with E-state index in [1.54, 1.807) is 24.0 Å². The number of carbonyl (C=O) groups is 3. The molecular weight excluding hydrogens is 348 g/mol. The molecule has 3 rings (SSSR count). The number of likely N-dealkylation sites (tertiary alicyclic amines) is 1. The van der Waals surface area contributed by atoms with Crippen LogP contribution in [0.15, 0.2) is 47.1 Å². The highest BCUT2D eigenvalue weighted by Crippen LogP contribution is 2.18. The zero-order chi connectivity index (χ0) is 19.2. The van der Waals surface area contributed by atoms with E-state index in [9.17, 15) is 14.4 Å². The number of aryl methyl sites for hydroxylation is 1. The van der Waals surface area contributed by atoms with E-state index in [4.69, 9.17) is 4.42 Å². The second-order valence-electron chi connectivity index (χ2n) is 6.42. The maximum absolute atomic E-state index is 12.4. The van der Waals surface area contributed by atoms with E-state index in [2.05, 4.69) is 16.2 Å². The summed E-state index contributed by atoms with van der Waals surface area (Å²) >= 11 is 0. The van der Waals surface area contributed by atoms with Crippen molar-refractivity contribution in [2.75, 3.05) is 18.4 Å². The molecule has 0 unspecified atom stereocenters. The van der Waals surface area contributed by atoms with E-state index in [1.807, 2.05) is 18.2 Å². The van der Waals surface area contributed by atoms with E-state index < -0.39 is 5.91 Å². The van der Waals surface area contributed by atoms with Gasteiger partial charge >= 0.3 is 6.03 Å². The predicted molar refractivity (Wildman–Crippen MR) is 98.8 cm³/mol. The third-order valence-electron chi connectivity index (χ3n) is 4.51. The number of benzene rings is 1. The van der Waals surface area contributed by atoms with Crippen LogP contribution in [0.4, 0.5) is 10.5 Å². The van der Waals surface area contributed by atoms with Gasteiger partial charge in [-0.2, -0.15) is 0 Å². The molecule has 27 heavy (non-hydrogen) atoms. The van der Waals surface area contributed by atoms with Gasteiger partial charge in [-0.1, -0.05) is 18.2 Å². The van der Waals surface area contributed by atoms with Crippen LogP contribution in [-0.4, -0.2) is 35.8 Å². The van der Waals surface area contributed by atoms with Crippen LogP contribution >= 0.6 is 0 Å². The molecule has 0 saturated carbocycles. The number of rotatable bonds is 3. The quantitative estimate of drug-likeness (QED) is 0.721. The Morgan fingerprint density at radius 2 is 1.89 bits per heavy atom. The Morgan fingerprint density at radius 3 is 2.59 bits per heavy atom. The number of para-hydroxylation sites is 1. The molecule has 2 heterocycles. The molecule has 0 spiro atoms. The van der Waals surface area contributed by atoms with E-state index in [0.29, 0.717) is 36.5 Å². The molecule has 1 saturated heterocycles. The molecule has 142 valence electrons. The molecular formula is C19H22N4O4. The summed E-state index contributed by atoms with van der Waals surface area (Å²) in [6.07, 6.45) is 2.78. The van der Waals surface area contributed by atoms with Gasteiger partial charge in [0.15, 0.2) is 0 Å². The first kappa shape index (κ1) is 18.5. The van der Waals surface area contributed by atoms with Crippen molar-refractivity contribution in [2.24, 2.45) is 5.92 Å². The number of piperidine rings is 1. The number of nitrogens with one attached hydrogen (secondary N) is 3. The first-order valence-electron chi connectivity index (χ1n) is 8.80. The Bertz CT molecular complexity index is 818. The van der Waals surface area contributed by atoms with E-state index in [0.717, 1.165) is 6.42 Å². The highest BCUT2D eigenvalue weighted by Gasteiger charge is 2.29. The second kappa shape index (κ2) is 8.39. The third kappa shape index (κ3) is 4.66. The lowest BCUT2D eigenvalue weighted by Gasteiger charge is -2.32. The molecule has 3 N–H and O–H groups in total. The van der Waals surface area contributed by atoms with Crippen LogP contribution in [-0.2, 0) is 4.79 Å². The number of furan rings is 1. The van der Waals surface area contributed by atoms with Crippen molar-refractivity contribution in [2.45, 2.75) is 19.8 Å². The normalized spacial score (nSPS) is 16.5. The maximum atomic E-state index is 12.4. The van der Waals surface area contributed by atoms with Gasteiger partial charge in [-0.15, -0.1) is 0 Å². The van der Waals surface area contributed by atoms with E-state index >= 15 is 0 Å². The lowest BCUT2D eigenvalue weighted by molar-refractivity contribution is -0.127. The minimum atomic E-state index is -0.441. The van der Waals surface area contributed by atoms with Crippen LogP contribution in [0.3, 0.4) is 0 Å². The highest BCUT2D eigenvalue weighted by molar-refractivity contribution is 5.96. The van der Waals surface area contributed by atoms with Crippen molar-refractivity contribution < 1.29 is 18.8 Å². The van der Waals surface area contributed by atoms with Gasteiger partial charge in [0.2, 0.25) is 5.91 Å². The average Bonchev–Trinajstić information content (AvgIpc) is 3.12. The maximum Gasteiger partial charge on any atom is 0.321 e. The molecule has 1 aliphatic heterocycles. The van der Waals surface area contributed by atoms with Crippen LogP contribution in [0, 0.1) is 12.8 Å². The van der Waals surface area contributed by atoms with Crippen LogP contribution in [0.25, 0.3) is 0 Å². The van der Waals surface area contributed by atoms with Crippen LogP contribution < -0.4 is 16.2 Å². The number of hydrogen-bond acceptors (Lipinski definition) is 4. The molecule has 0 radical (unpaired) electrons. The van der Waals surface area contributed by atoms with Gasteiger partial charge in [-0.3, -0.25) is 20.4 Å². The highest BCUT2D eigenvalue weighted by atomic mass is 16.3. The lowest BCUT2D eigenvalue weighted by Crippen LogP contribution is -2.50. The summed E-state index contributed by atoms with van der Waals surface area (Å²) in [5.74, 6) is -0.667. The van der Waals surface area contributed by atoms with Gasteiger partial charge in [-0.25, -0.2) is 4.79 Å². The van der Waals surface area contributed by atoms with Crippen molar-refractivity contribution >= 4 is 23.5 Å². The zero-order valence-corrected chi connectivity index (χ0v) is 15.0. The van der Waals surface area contributed by atoms with Gasteiger partial charge in [0.05, 0.1) is 17.7 Å². The van der Waals surface area contributed by atoms with Gasteiger partial charge in [-0.05, 0) is 38.0 Å². The standard InChI is InChI=1S/C19H22N4O4/c1-13-16(9-11-27-13)18(25)22-21-17(24)14-6-5-10-23(12-14)19(26)20-15-7-3-2-4-8-15/h2-4,7-9,11,14H,5-6,10,12H2,1H3,(H,20,26)(H,21,24)(H,22,25)/t14-/m0/s1. The zero-order valence-electron chi connectivity index (χ0n) is 15.0. The number of hydrazine groups is 1. The van der Waals surface area contributed by atoms with Crippen LogP contribution in [0.5, 0.6) is 0 Å². The Hall–Kier alpha value is -3.29. The lowest BCUT2D eigenvalue weighted by atomic mass is 9.98. The van der Waals surface area contributed by atoms with Crippen LogP contribution in [0.2, 0.25) is 0 Å². The number of urea groups is 1. The molecule has 8 nitrogen and oxygen atoms in total. The minimum Gasteiger partial charge on any atom is -0.469 e. The fraction of sp³-hybridized carbons (Fsp3) is 0.316. The molecule has 1 aliphatic rings. The Morgan fingerprint density at radius 1 is 1.11 bits per heavy atom. The number of nitrogens with zero attached hydrogens (tertiary/aromatic N) is 1. The van der Waals surface area contributed by atoms with E-state index in [1.165, 1.54) is 12.3 Å². The number of hydrogen-bond donors (Lipinski definition) is 3. The first-order valence-corrected chi connectivity index (χ1v) is 8.80. The molecule has 2 aromatic rings. The molecule has 8 heteroatoms. The van der Waals surface area contributed by atoms with E-state index in [-0.39, 0.29) is 17.9 Å². The smallest absolute Gasteiger partial charge is 0.321 e. The van der Waals surface area contributed by atoms with Crippen LogP contribution in [0.1, 0.15) is 29.0 Å². The van der Waals surface area contributed by atoms with Gasteiger partial charge in [0, 0.05) is 18.8 Å². The van der Waals surface area contributed by atoms with Crippen molar-refractivity contribution in [1.82, 2.24) is 15.8 Å². The first-order chi connectivity index (χ1) is 13.0. The van der Waals surface area contributed by atoms with Crippen molar-refractivity contribution in [3.63, 3.8) is 0 Å². The minimum absolute atomic E-state index is 0.239. The largest absolute Gasteiger partial charge is 0.469 e. The molecule has 1 atom stereocenters. The van der Waals surface area contributed by atoms with Gasteiger partial charge in [0.25, 0.3) is 5.91 Å².